The first kappa shape index (κ1) is 19.0. The maximum atomic E-state index is 13.5. The third-order valence-corrected chi connectivity index (χ3v) is 5.23. The van der Waals surface area contributed by atoms with E-state index in [4.69, 9.17) is 0 Å². The number of benzene rings is 2. The minimum absolute atomic E-state index is 0.0128. The lowest BCUT2D eigenvalue weighted by molar-refractivity contribution is -0.119. The molecule has 0 fully saturated rings. The van der Waals surface area contributed by atoms with E-state index >= 15 is 0 Å². The predicted molar refractivity (Wildman–Crippen MR) is 108 cm³/mol. The van der Waals surface area contributed by atoms with Crippen molar-refractivity contribution in [1.82, 2.24) is 9.88 Å². The number of nitrogens with zero attached hydrogens (tertiary/aromatic N) is 2. The molecule has 0 spiro atoms. The fraction of sp³-hybridized carbons (Fsp3) is 0.208. The van der Waals surface area contributed by atoms with Gasteiger partial charge in [0.1, 0.15) is 11.6 Å². The van der Waals surface area contributed by atoms with E-state index < -0.39 is 6.04 Å². The molecule has 0 saturated carbocycles. The molecule has 4 nitrogen and oxygen atoms in total. The number of hydrogen-bond acceptors (Lipinski definition) is 3. The molecule has 2 heterocycles. The molecule has 1 aromatic heterocycles. The Morgan fingerprint density at radius 2 is 1.83 bits per heavy atom. The normalized spacial score (nSPS) is 14.0. The first-order valence-corrected chi connectivity index (χ1v) is 9.60. The molecule has 1 aliphatic rings. The van der Waals surface area contributed by atoms with E-state index in [0.29, 0.717) is 17.8 Å². The number of carbonyl (C=O) groups is 2. The van der Waals surface area contributed by atoms with Crippen molar-refractivity contribution in [2.45, 2.75) is 32.4 Å². The van der Waals surface area contributed by atoms with E-state index in [2.05, 4.69) is 4.98 Å². The highest BCUT2D eigenvalue weighted by atomic mass is 19.1. The van der Waals surface area contributed by atoms with Gasteiger partial charge in [0.15, 0.2) is 0 Å². The number of ketones is 1. The van der Waals surface area contributed by atoms with Crippen LogP contribution in [0.4, 0.5) is 4.39 Å². The quantitative estimate of drug-likeness (QED) is 0.628. The van der Waals surface area contributed by atoms with Crippen LogP contribution in [0.15, 0.2) is 66.7 Å². The molecular formula is C24H21FN2O2. The van der Waals surface area contributed by atoms with Crippen LogP contribution in [0, 0.1) is 12.7 Å². The number of halogens is 1. The highest BCUT2D eigenvalue weighted by Gasteiger charge is 2.34. The van der Waals surface area contributed by atoms with Crippen LogP contribution in [-0.4, -0.2) is 21.6 Å². The summed E-state index contributed by atoms with van der Waals surface area (Å²) in [7, 11) is 0. The van der Waals surface area contributed by atoms with Gasteiger partial charge in [-0.2, -0.15) is 0 Å². The number of aryl methyl sites for hydroxylation is 1. The second kappa shape index (κ2) is 7.95. The number of carbonyl (C=O) groups excluding carboxylic acids is 2. The van der Waals surface area contributed by atoms with Gasteiger partial charge in [-0.1, -0.05) is 36.4 Å². The number of aromatic nitrogens is 1. The van der Waals surface area contributed by atoms with Crippen LogP contribution in [0.3, 0.4) is 0 Å². The third kappa shape index (κ3) is 4.09. The van der Waals surface area contributed by atoms with Gasteiger partial charge in [-0.25, -0.2) is 4.39 Å². The lowest BCUT2D eigenvalue weighted by atomic mass is 9.97. The molecule has 0 radical (unpaired) electrons. The van der Waals surface area contributed by atoms with Crippen LogP contribution in [0.1, 0.15) is 45.3 Å². The minimum Gasteiger partial charge on any atom is -0.327 e. The van der Waals surface area contributed by atoms with Crippen molar-refractivity contribution in [2.75, 3.05) is 0 Å². The Hall–Kier alpha value is -3.34. The summed E-state index contributed by atoms with van der Waals surface area (Å²) >= 11 is 0. The van der Waals surface area contributed by atoms with Crippen LogP contribution in [-0.2, 0) is 17.8 Å². The van der Waals surface area contributed by atoms with Gasteiger partial charge in [-0.3, -0.25) is 14.6 Å². The summed E-state index contributed by atoms with van der Waals surface area (Å²) in [5.41, 5.74) is 3.92. The Bertz CT molecular complexity index is 1060. The van der Waals surface area contributed by atoms with E-state index in [1.54, 1.807) is 23.1 Å². The average Bonchev–Trinajstić information content (AvgIpc) is 3.04. The monoisotopic (exact) mass is 388 g/mol. The average molecular weight is 388 g/mol. The lowest BCUT2D eigenvalue weighted by Gasteiger charge is -2.28. The molecule has 0 aliphatic carbocycles. The molecular weight excluding hydrogens is 367 g/mol. The molecule has 29 heavy (non-hydrogen) atoms. The van der Waals surface area contributed by atoms with E-state index in [-0.39, 0.29) is 30.3 Å². The van der Waals surface area contributed by atoms with Gasteiger partial charge in [0, 0.05) is 36.3 Å². The molecule has 0 N–H and O–H groups in total. The summed E-state index contributed by atoms with van der Waals surface area (Å²) in [6.07, 6.45) is 0.356. The first-order valence-electron chi connectivity index (χ1n) is 9.60. The third-order valence-electron chi connectivity index (χ3n) is 5.23. The van der Waals surface area contributed by atoms with Gasteiger partial charge in [0.25, 0.3) is 5.91 Å². The molecule has 1 unspecified atom stereocenters. The van der Waals surface area contributed by atoms with Crippen molar-refractivity contribution >= 4 is 11.7 Å². The van der Waals surface area contributed by atoms with Gasteiger partial charge in [0.2, 0.25) is 0 Å². The van der Waals surface area contributed by atoms with Crippen LogP contribution in [0.5, 0.6) is 0 Å². The molecule has 1 aliphatic heterocycles. The Kier molecular flexibility index (Phi) is 5.21. The SMILES string of the molecule is Cc1cccc(CC(=O)CC(c2ccc(F)cc2)N2Cc3ccccc3C2=O)n1. The Morgan fingerprint density at radius 3 is 2.55 bits per heavy atom. The van der Waals surface area contributed by atoms with Crippen LogP contribution < -0.4 is 0 Å². The molecule has 1 atom stereocenters. The maximum Gasteiger partial charge on any atom is 0.255 e. The molecule has 0 saturated heterocycles. The standard InChI is InChI=1S/C24H21FN2O2/c1-16-5-4-7-20(26-16)13-21(28)14-23(17-9-11-19(25)12-10-17)27-15-18-6-2-3-8-22(18)24(27)29/h2-12,23H,13-15H2,1H3. The Labute approximate surface area is 169 Å². The van der Waals surface area contributed by atoms with Gasteiger partial charge < -0.3 is 4.90 Å². The van der Waals surface area contributed by atoms with E-state index in [9.17, 15) is 14.0 Å². The zero-order valence-electron chi connectivity index (χ0n) is 16.1. The first-order chi connectivity index (χ1) is 14.0. The number of hydrogen-bond donors (Lipinski definition) is 0. The van der Waals surface area contributed by atoms with Crippen molar-refractivity contribution in [1.29, 1.82) is 0 Å². The van der Waals surface area contributed by atoms with Crippen molar-refractivity contribution in [3.05, 3.63) is 101 Å². The second-order valence-electron chi connectivity index (χ2n) is 7.35. The molecule has 3 aromatic rings. The second-order valence-corrected chi connectivity index (χ2v) is 7.35. The van der Waals surface area contributed by atoms with Gasteiger partial charge in [-0.15, -0.1) is 0 Å². The minimum atomic E-state index is -0.451. The summed E-state index contributed by atoms with van der Waals surface area (Å²) in [5, 5.41) is 0. The molecule has 0 bridgehead atoms. The van der Waals surface area contributed by atoms with Crippen molar-refractivity contribution in [3.8, 4) is 0 Å². The Morgan fingerprint density at radius 1 is 1.07 bits per heavy atom. The van der Waals surface area contributed by atoms with Crippen LogP contribution in [0.2, 0.25) is 0 Å². The fourth-order valence-corrected chi connectivity index (χ4v) is 3.81. The van der Waals surface area contributed by atoms with E-state index in [1.807, 2.05) is 43.3 Å². The molecule has 146 valence electrons. The summed E-state index contributed by atoms with van der Waals surface area (Å²) in [6, 6.07) is 18.6. The predicted octanol–water partition coefficient (Wildman–Crippen LogP) is 4.43. The van der Waals surface area contributed by atoms with Gasteiger partial charge in [-0.05, 0) is 48.4 Å². The van der Waals surface area contributed by atoms with Crippen LogP contribution >= 0.6 is 0 Å². The van der Waals surface area contributed by atoms with E-state index in [0.717, 1.165) is 16.8 Å². The molecule has 5 heteroatoms. The molecule has 1 amide bonds. The van der Waals surface area contributed by atoms with E-state index in [1.165, 1.54) is 12.1 Å². The largest absolute Gasteiger partial charge is 0.327 e. The molecule has 4 rings (SSSR count). The maximum absolute atomic E-state index is 13.5. The number of fused-ring (bicyclic) bond motifs is 1. The van der Waals surface area contributed by atoms with Crippen LogP contribution in [0.25, 0.3) is 0 Å². The van der Waals surface area contributed by atoms with Crippen molar-refractivity contribution in [2.24, 2.45) is 0 Å². The van der Waals surface area contributed by atoms with Gasteiger partial charge in [0.05, 0.1) is 6.04 Å². The number of rotatable bonds is 6. The summed E-state index contributed by atoms with van der Waals surface area (Å²) in [5.74, 6) is -0.462. The van der Waals surface area contributed by atoms with Crippen molar-refractivity contribution < 1.29 is 14.0 Å². The zero-order chi connectivity index (χ0) is 20.4. The summed E-state index contributed by atoms with van der Waals surface area (Å²) < 4.78 is 13.5. The molecule has 2 aromatic carbocycles. The summed E-state index contributed by atoms with van der Waals surface area (Å²) in [4.78, 5) is 32.0. The highest BCUT2D eigenvalue weighted by Crippen LogP contribution is 2.34. The smallest absolute Gasteiger partial charge is 0.255 e. The summed E-state index contributed by atoms with van der Waals surface area (Å²) in [6.45, 7) is 2.32. The topological polar surface area (TPSA) is 50.3 Å². The van der Waals surface area contributed by atoms with Gasteiger partial charge >= 0.3 is 0 Å². The van der Waals surface area contributed by atoms with Crippen molar-refractivity contribution in [3.63, 3.8) is 0 Å². The number of pyridine rings is 1. The lowest BCUT2D eigenvalue weighted by Crippen LogP contribution is -2.31. The Balaban J connectivity index is 1.60. The fourth-order valence-electron chi connectivity index (χ4n) is 3.81. The zero-order valence-corrected chi connectivity index (χ0v) is 16.1. The number of Topliss-reactive ketones (excluding diaryl/α,β-unsaturated/α-hetero) is 1. The number of amides is 1. The highest BCUT2D eigenvalue weighted by molar-refractivity contribution is 5.99.